The molecule has 2 aromatic rings. The Morgan fingerprint density at radius 1 is 1.04 bits per heavy atom. The Hall–Kier alpha value is -3.02. The van der Waals surface area contributed by atoms with Crippen LogP contribution in [0.5, 0.6) is 11.5 Å². The summed E-state index contributed by atoms with van der Waals surface area (Å²) in [6.45, 7) is 2.81. The van der Waals surface area contributed by atoms with Crippen molar-refractivity contribution in [3.63, 3.8) is 0 Å². The van der Waals surface area contributed by atoms with Crippen LogP contribution >= 0.6 is 0 Å². The van der Waals surface area contributed by atoms with Crippen LogP contribution in [-0.4, -0.2) is 37.1 Å². The minimum absolute atomic E-state index is 0.0399. The maximum atomic E-state index is 12.6. The Bertz CT molecular complexity index is 802. The first kappa shape index (κ1) is 17.8. The van der Waals surface area contributed by atoms with Gasteiger partial charge in [-0.05, 0) is 41.8 Å². The van der Waals surface area contributed by atoms with Crippen molar-refractivity contribution in [2.24, 2.45) is 0 Å². The average molecular weight is 354 g/mol. The van der Waals surface area contributed by atoms with Crippen molar-refractivity contribution >= 4 is 11.8 Å². The molecule has 0 unspecified atom stereocenters. The molecule has 1 aliphatic rings. The van der Waals surface area contributed by atoms with Gasteiger partial charge in [0.2, 0.25) is 12.7 Å². The summed E-state index contributed by atoms with van der Waals surface area (Å²) in [5.74, 6) is 1.36. The number of carbonyl (C=O) groups is 2. The summed E-state index contributed by atoms with van der Waals surface area (Å²) in [5.41, 5.74) is 2.70. The lowest BCUT2D eigenvalue weighted by molar-refractivity contribution is -0.118. The van der Waals surface area contributed by atoms with E-state index in [4.69, 9.17) is 9.47 Å². The van der Waals surface area contributed by atoms with Gasteiger partial charge in [-0.3, -0.25) is 9.59 Å². The summed E-state index contributed by atoms with van der Waals surface area (Å²) in [7, 11) is 1.78. The van der Waals surface area contributed by atoms with E-state index in [0.717, 1.165) is 23.3 Å². The SMILES string of the molecule is CC(=O)NCCc1ccc(C(=O)N(C)Cc2ccc3c(c2)OCO3)cc1. The third kappa shape index (κ3) is 4.33. The first-order valence-corrected chi connectivity index (χ1v) is 8.50. The fraction of sp³-hybridized carbons (Fsp3) is 0.300. The molecule has 0 spiro atoms. The first-order valence-electron chi connectivity index (χ1n) is 8.50. The molecule has 136 valence electrons. The van der Waals surface area contributed by atoms with Crippen molar-refractivity contribution in [2.45, 2.75) is 19.9 Å². The van der Waals surface area contributed by atoms with E-state index in [2.05, 4.69) is 5.32 Å². The van der Waals surface area contributed by atoms with E-state index >= 15 is 0 Å². The molecule has 1 N–H and O–H groups in total. The third-order valence-electron chi connectivity index (χ3n) is 4.19. The quantitative estimate of drug-likeness (QED) is 0.865. The molecule has 1 aliphatic heterocycles. The molecule has 3 rings (SSSR count). The number of amides is 2. The average Bonchev–Trinajstić information content (AvgIpc) is 3.09. The van der Waals surface area contributed by atoms with Gasteiger partial charge in [0, 0.05) is 32.6 Å². The Kier molecular flexibility index (Phi) is 5.41. The van der Waals surface area contributed by atoms with Crippen LogP contribution in [0.2, 0.25) is 0 Å². The van der Waals surface area contributed by atoms with E-state index < -0.39 is 0 Å². The number of hydrogen-bond donors (Lipinski definition) is 1. The molecule has 6 nitrogen and oxygen atoms in total. The van der Waals surface area contributed by atoms with Crippen LogP contribution in [-0.2, 0) is 17.8 Å². The molecule has 0 saturated carbocycles. The fourth-order valence-electron chi connectivity index (χ4n) is 2.80. The highest BCUT2D eigenvalue weighted by Gasteiger charge is 2.16. The lowest BCUT2D eigenvalue weighted by Crippen LogP contribution is -2.26. The van der Waals surface area contributed by atoms with E-state index in [1.54, 1.807) is 11.9 Å². The molecule has 0 atom stereocenters. The number of rotatable bonds is 6. The van der Waals surface area contributed by atoms with Crippen LogP contribution in [0.15, 0.2) is 42.5 Å². The van der Waals surface area contributed by atoms with E-state index in [-0.39, 0.29) is 18.6 Å². The second kappa shape index (κ2) is 7.91. The monoisotopic (exact) mass is 354 g/mol. The van der Waals surface area contributed by atoms with Gasteiger partial charge in [0.15, 0.2) is 11.5 Å². The van der Waals surface area contributed by atoms with Crippen LogP contribution in [0.4, 0.5) is 0 Å². The van der Waals surface area contributed by atoms with Crippen molar-refractivity contribution in [1.82, 2.24) is 10.2 Å². The number of fused-ring (bicyclic) bond motifs is 1. The van der Waals surface area contributed by atoms with Gasteiger partial charge in [0.25, 0.3) is 5.91 Å². The Labute approximate surface area is 152 Å². The van der Waals surface area contributed by atoms with E-state index in [1.165, 1.54) is 6.92 Å². The lowest BCUT2D eigenvalue weighted by atomic mass is 10.1. The van der Waals surface area contributed by atoms with Crippen LogP contribution in [0, 0.1) is 0 Å². The van der Waals surface area contributed by atoms with Crippen molar-refractivity contribution in [1.29, 1.82) is 0 Å². The Balaban J connectivity index is 1.58. The van der Waals surface area contributed by atoms with Crippen LogP contribution in [0.3, 0.4) is 0 Å². The molecule has 26 heavy (non-hydrogen) atoms. The smallest absolute Gasteiger partial charge is 0.253 e. The van der Waals surface area contributed by atoms with Gasteiger partial charge in [0.1, 0.15) is 0 Å². The molecular formula is C20H22N2O4. The van der Waals surface area contributed by atoms with Crippen LogP contribution in [0.25, 0.3) is 0 Å². The number of nitrogens with one attached hydrogen (secondary N) is 1. The normalized spacial score (nSPS) is 11.9. The fourth-order valence-corrected chi connectivity index (χ4v) is 2.80. The summed E-state index contributed by atoms with van der Waals surface area (Å²) in [6.07, 6.45) is 0.737. The number of hydrogen-bond acceptors (Lipinski definition) is 4. The highest BCUT2D eigenvalue weighted by molar-refractivity contribution is 5.94. The van der Waals surface area contributed by atoms with Gasteiger partial charge < -0.3 is 19.7 Å². The number of benzene rings is 2. The molecule has 2 amide bonds. The van der Waals surface area contributed by atoms with Crippen molar-refractivity contribution in [3.05, 3.63) is 59.2 Å². The molecule has 0 radical (unpaired) electrons. The zero-order valence-electron chi connectivity index (χ0n) is 15.0. The molecular weight excluding hydrogens is 332 g/mol. The topological polar surface area (TPSA) is 67.9 Å². The maximum Gasteiger partial charge on any atom is 0.253 e. The van der Waals surface area contributed by atoms with E-state index in [1.807, 2.05) is 42.5 Å². The predicted octanol–water partition coefficient (Wildman–Crippen LogP) is 2.37. The van der Waals surface area contributed by atoms with Crippen molar-refractivity contribution < 1.29 is 19.1 Å². The number of ether oxygens (including phenoxy) is 2. The number of nitrogens with zero attached hydrogens (tertiary/aromatic N) is 1. The van der Waals surface area contributed by atoms with Crippen molar-refractivity contribution in [2.75, 3.05) is 20.4 Å². The summed E-state index contributed by atoms with van der Waals surface area (Å²) in [5, 5.41) is 2.76. The Morgan fingerprint density at radius 3 is 2.46 bits per heavy atom. The zero-order chi connectivity index (χ0) is 18.5. The molecule has 0 bridgehead atoms. The largest absolute Gasteiger partial charge is 0.454 e. The molecule has 2 aromatic carbocycles. The second-order valence-electron chi connectivity index (χ2n) is 6.28. The predicted molar refractivity (Wildman–Crippen MR) is 97.2 cm³/mol. The molecule has 0 saturated heterocycles. The maximum absolute atomic E-state index is 12.6. The highest BCUT2D eigenvalue weighted by atomic mass is 16.7. The molecule has 0 aromatic heterocycles. The standard InChI is InChI=1S/C20H22N2O4/c1-14(23)21-10-9-15-3-6-17(7-4-15)20(24)22(2)12-16-5-8-18-19(11-16)26-13-25-18/h3-8,11H,9-10,12-13H2,1-2H3,(H,21,23). The zero-order valence-corrected chi connectivity index (χ0v) is 15.0. The molecule has 1 heterocycles. The minimum Gasteiger partial charge on any atom is -0.454 e. The van der Waals surface area contributed by atoms with Gasteiger partial charge in [0.05, 0.1) is 0 Å². The summed E-state index contributed by atoms with van der Waals surface area (Å²) in [6, 6.07) is 13.2. The van der Waals surface area contributed by atoms with Crippen LogP contribution in [0.1, 0.15) is 28.4 Å². The lowest BCUT2D eigenvalue weighted by Gasteiger charge is -2.18. The van der Waals surface area contributed by atoms with Gasteiger partial charge in [-0.25, -0.2) is 0 Å². The van der Waals surface area contributed by atoms with E-state index in [9.17, 15) is 9.59 Å². The Morgan fingerprint density at radius 2 is 1.73 bits per heavy atom. The first-order chi connectivity index (χ1) is 12.5. The van der Waals surface area contributed by atoms with Gasteiger partial charge in [-0.15, -0.1) is 0 Å². The van der Waals surface area contributed by atoms with Gasteiger partial charge in [-0.1, -0.05) is 18.2 Å². The van der Waals surface area contributed by atoms with Gasteiger partial charge >= 0.3 is 0 Å². The third-order valence-corrected chi connectivity index (χ3v) is 4.19. The summed E-state index contributed by atoms with van der Waals surface area (Å²) < 4.78 is 10.7. The molecule has 0 fully saturated rings. The summed E-state index contributed by atoms with van der Waals surface area (Å²) >= 11 is 0. The molecule has 0 aliphatic carbocycles. The van der Waals surface area contributed by atoms with E-state index in [0.29, 0.717) is 24.4 Å². The van der Waals surface area contributed by atoms with Crippen LogP contribution < -0.4 is 14.8 Å². The number of carbonyl (C=O) groups excluding carboxylic acids is 2. The second-order valence-corrected chi connectivity index (χ2v) is 6.28. The van der Waals surface area contributed by atoms with Crippen molar-refractivity contribution in [3.8, 4) is 11.5 Å². The highest BCUT2D eigenvalue weighted by Crippen LogP contribution is 2.32. The molecule has 6 heteroatoms. The minimum atomic E-state index is -0.0453. The summed E-state index contributed by atoms with van der Waals surface area (Å²) in [4.78, 5) is 25.2. The van der Waals surface area contributed by atoms with Gasteiger partial charge in [-0.2, -0.15) is 0 Å².